The Morgan fingerprint density at radius 2 is 1.95 bits per heavy atom. The summed E-state index contributed by atoms with van der Waals surface area (Å²) in [5.74, 6) is 0. The van der Waals surface area contributed by atoms with Gasteiger partial charge < -0.3 is 9.64 Å². The highest BCUT2D eigenvalue weighted by atomic mass is 19.4. The van der Waals surface area contributed by atoms with E-state index in [2.05, 4.69) is 0 Å². The zero-order valence-corrected chi connectivity index (χ0v) is 10.9. The maximum absolute atomic E-state index is 12.7. The van der Waals surface area contributed by atoms with Crippen LogP contribution in [0.5, 0.6) is 0 Å². The Hall–Kier alpha value is -1.23. The molecule has 0 unspecified atom stereocenters. The second-order valence-electron chi connectivity index (χ2n) is 4.69. The Morgan fingerprint density at radius 3 is 2.53 bits per heavy atom. The summed E-state index contributed by atoms with van der Waals surface area (Å²) in [6, 6.07) is 5.53. The molecule has 0 radical (unpaired) electrons. The lowest BCUT2D eigenvalue weighted by Crippen LogP contribution is -2.37. The minimum atomic E-state index is -4.28. The van der Waals surface area contributed by atoms with Gasteiger partial charge in [0.2, 0.25) is 0 Å². The fourth-order valence-electron chi connectivity index (χ4n) is 2.40. The van der Waals surface area contributed by atoms with Crippen molar-refractivity contribution in [2.45, 2.75) is 32.0 Å². The molecule has 0 aliphatic carbocycles. The molecule has 1 heterocycles. The molecule has 0 bridgehead atoms. The predicted molar refractivity (Wildman–Crippen MR) is 68.3 cm³/mol. The summed E-state index contributed by atoms with van der Waals surface area (Å²) in [7, 11) is 0. The zero-order valence-electron chi connectivity index (χ0n) is 10.9. The molecule has 1 aliphatic rings. The Bertz CT molecular complexity index is 411. The summed E-state index contributed by atoms with van der Waals surface area (Å²) >= 11 is 0. The highest BCUT2D eigenvalue weighted by molar-refractivity contribution is 5.49. The van der Waals surface area contributed by atoms with Crippen LogP contribution in [0, 0.1) is 0 Å². The van der Waals surface area contributed by atoms with E-state index < -0.39 is 11.7 Å². The van der Waals surface area contributed by atoms with E-state index in [0.29, 0.717) is 12.3 Å². The average molecular weight is 273 g/mol. The van der Waals surface area contributed by atoms with Gasteiger partial charge in [-0.1, -0.05) is 6.07 Å². The van der Waals surface area contributed by atoms with E-state index in [4.69, 9.17) is 4.74 Å². The fraction of sp³-hybridized carbons (Fsp3) is 0.571. The Balaban J connectivity index is 2.03. The van der Waals surface area contributed by atoms with Crippen molar-refractivity contribution in [1.82, 2.24) is 0 Å². The second kappa shape index (κ2) is 5.82. The third kappa shape index (κ3) is 3.62. The van der Waals surface area contributed by atoms with Gasteiger partial charge in [-0.25, -0.2) is 0 Å². The number of hydrogen-bond donors (Lipinski definition) is 0. The molecule has 0 aromatic heterocycles. The molecule has 1 aliphatic heterocycles. The molecule has 2 rings (SSSR count). The van der Waals surface area contributed by atoms with Gasteiger partial charge in [0, 0.05) is 25.4 Å². The second-order valence-corrected chi connectivity index (χ2v) is 4.69. The van der Waals surface area contributed by atoms with Gasteiger partial charge in [-0.15, -0.1) is 0 Å². The molecule has 1 aromatic rings. The topological polar surface area (TPSA) is 12.5 Å². The van der Waals surface area contributed by atoms with Crippen LogP contribution in [0.4, 0.5) is 18.9 Å². The quantitative estimate of drug-likeness (QED) is 0.832. The SMILES string of the molecule is CCOC1CCN(c2cccc(C(F)(F)F)c2)CC1. The van der Waals surface area contributed by atoms with Crippen LogP contribution in [0.15, 0.2) is 24.3 Å². The van der Waals surface area contributed by atoms with Gasteiger partial charge in [-0.05, 0) is 38.0 Å². The molecule has 0 spiro atoms. The van der Waals surface area contributed by atoms with Crippen molar-refractivity contribution in [3.63, 3.8) is 0 Å². The Labute approximate surface area is 111 Å². The van der Waals surface area contributed by atoms with Gasteiger partial charge in [0.1, 0.15) is 0 Å². The van der Waals surface area contributed by atoms with Crippen LogP contribution in [0.25, 0.3) is 0 Å². The minimum absolute atomic E-state index is 0.243. The normalized spacial score (nSPS) is 17.8. The number of halogens is 3. The van der Waals surface area contributed by atoms with Crippen molar-refractivity contribution in [2.24, 2.45) is 0 Å². The smallest absolute Gasteiger partial charge is 0.378 e. The molecule has 19 heavy (non-hydrogen) atoms. The molecule has 5 heteroatoms. The van der Waals surface area contributed by atoms with Gasteiger partial charge in [0.25, 0.3) is 0 Å². The largest absolute Gasteiger partial charge is 0.416 e. The first-order valence-corrected chi connectivity index (χ1v) is 6.54. The molecule has 1 fully saturated rings. The van der Waals surface area contributed by atoms with Crippen molar-refractivity contribution in [2.75, 3.05) is 24.6 Å². The summed E-state index contributed by atoms with van der Waals surface area (Å²) in [6.07, 6.45) is -2.31. The van der Waals surface area contributed by atoms with Crippen LogP contribution in [-0.2, 0) is 10.9 Å². The van der Waals surface area contributed by atoms with Crippen LogP contribution in [0.3, 0.4) is 0 Å². The van der Waals surface area contributed by atoms with E-state index in [1.165, 1.54) is 12.1 Å². The number of hydrogen-bond acceptors (Lipinski definition) is 2. The first-order valence-electron chi connectivity index (χ1n) is 6.54. The van der Waals surface area contributed by atoms with Crippen molar-refractivity contribution in [3.8, 4) is 0 Å². The van der Waals surface area contributed by atoms with Crippen molar-refractivity contribution in [3.05, 3.63) is 29.8 Å². The lowest BCUT2D eigenvalue weighted by atomic mass is 10.1. The summed E-state index contributed by atoms with van der Waals surface area (Å²) in [5.41, 5.74) is 0.0571. The van der Waals surface area contributed by atoms with Gasteiger partial charge >= 0.3 is 6.18 Å². The number of piperidine rings is 1. The van der Waals surface area contributed by atoms with E-state index in [0.717, 1.165) is 32.0 Å². The van der Waals surface area contributed by atoms with Crippen molar-refractivity contribution >= 4 is 5.69 Å². The molecular weight excluding hydrogens is 255 g/mol. The zero-order chi connectivity index (χ0) is 13.9. The summed E-state index contributed by atoms with van der Waals surface area (Å²) in [6.45, 7) is 4.13. The predicted octanol–water partition coefficient (Wildman–Crippen LogP) is 3.71. The van der Waals surface area contributed by atoms with Gasteiger partial charge in [0.15, 0.2) is 0 Å². The van der Waals surface area contributed by atoms with Crippen molar-refractivity contribution < 1.29 is 17.9 Å². The fourth-order valence-corrected chi connectivity index (χ4v) is 2.40. The van der Waals surface area contributed by atoms with E-state index in [1.54, 1.807) is 6.07 Å². The molecule has 106 valence electrons. The molecule has 0 saturated carbocycles. The van der Waals surface area contributed by atoms with E-state index >= 15 is 0 Å². The lowest BCUT2D eigenvalue weighted by molar-refractivity contribution is -0.137. The number of alkyl halides is 3. The van der Waals surface area contributed by atoms with E-state index in [-0.39, 0.29) is 6.10 Å². The monoisotopic (exact) mass is 273 g/mol. The molecular formula is C14H18F3NO. The van der Waals surface area contributed by atoms with Gasteiger partial charge in [-0.3, -0.25) is 0 Å². The van der Waals surface area contributed by atoms with Crippen LogP contribution in [0.2, 0.25) is 0 Å². The number of ether oxygens (including phenoxy) is 1. The standard InChI is InChI=1S/C14H18F3NO/c1-2-19-13-6-8-18(9-7-13)12-5-3-4-11(10-12)14(15,16)17/h3-5,10,13H,2,6-9H2,1H3. The maximum Gasteiger partial charge on any atom is 0.416 e. The van der Waals surface area contributed by atoms with E-state index in [9.17, 15) is 13.2 Å². The summed E-state index contributed by atoms with van der Waals surface area (Å²) in [4.78, 5) is 1.99. The van der Waals surface area contributed by atoms with Crippen LogP contribution in [0.1, 0.15) is 25.3 Å². The number of benzene rings is 1. The molecule has 1 saturated heterocycles. The van der Waals surface area contributed by atoms with Crippen LogP contribution >= 0.6 is 0 Å². The number of anilines is 1. The highest BCUT2D eigenvalue weighted by Gasteiger charge is 2.31. The Kier molecular flexibility index (Phi) is 4.34. The molecule has 0 N–H and O–H groups in total. The molecule has 2 nitrogen and oxygen atoms in total. The maximum atomic E-state index is 12.7. The third-order valence-electron chi connectivity index (χ3n) is 3.38. The van der Waals surface area contributed by atoms with Crippen molar-refractivity contribution in [1.29, 1.82) is 0 Å². The Morgan fingerprint density at radius 1 is 1.26 bits per heavy atom. The summed E-state index contributed by atoms with van der Waals surface area (Å²) in [5, 5.41) is 0. The average Bonchev–Trinajstić information content (AvgIpc) is 2.39. The number of nitrogens with zero attached hydrogens (tertiary/aromatic N) is 1. The molecule has 0 amide bonds. The van der Waals surface area contributed by atoms with Crippen LogP contribution < -0.4 is 4.90 Å². The van der Waals surface area contributed by atoms with E-state index in [1.807, 2.05) is 11.8 Å². The highest BCUT2D eigenvalue weighted by Crippen LogP contribution is 2.32. The van der Waals surface area contributed by atoms with Gasteiger partial charge in [-0.2, -0.15) is 13.2 Å². The first-order chi connectivity index (χ1) is 9.00. The van der Waals surface area contributed by atoms with Crippen LogP contribution in [-0.4, -0.2) is 25.8 Å². The lowest BCUT2D eigenvalue weighted by Gasteiger charge is -2.33. The molecule has 0 atom stereocenters. The summed E-state index contributed by atoms with van der Waals surface area (Å²) < 4.78 is 43.5. The van der Waals surface area contributed by atoms with Gasteiger partial charge in [0.05, 0.1) is 11.7 Å². The third-order valence-corrected chi connectivity index (χ3v) is 3.38. The number of rotatable bonds is 3. The molecule has 1 aromatic carbocycles. The first kappa shape index (κ1) is 14.2. The minimum Gasteiger partial charge on any atom is -0.378 e.